The Morgan fingerprint density at radius 2 is 2.24 bits per heavy atom. The molecule has 1 heterocycles. The molecule has 4 heteroatoms. The molecule has 0 atom stereocenters. The van der Waals surface area contributed by atoms with Crippen LogP contribution in [0.4, 0.5) is 0 Å². The summed E-state index contributed by atoms with van der Waals surface area (Å²) >= 11 is 0. The number of benzene rings is 1. The van der Waals surface area contributed by atoms with E-state index in [9.17, 15) is 0 Å². The monoisotopic (exact) mass is 236 g/mol. The predicted octanol–water partition coefficient (Wildman–Crippen LogP) is 2.30. The van der Waals surface area contributed by atoms with E-state index in [2.05, 4.69) is 6.58 Å². The fourth-order valence-electron chi connectivity index (χ4n) is 1.99. The van der Waals surface area contributed by atoms with Gasteiger partial charge in [0.2, 0.25) is 6.79 Å². The van der Waals surface area contributed by atoms with Crippen molar-refractivity contribution in [3.8, 4) is 17.2 Å². The van der Waals surface area contributed by atoms with Crippen LogP contribution in [0.2, 0.25) is 0 Å². The first-order valence-electron chi connectivity index (χ1n) is 5.40. The minimum atomic E-state index is 0.243. The van der Waals surface area contributed by atoms with E-state index in [0.717, 1.165) is 34.8 Å². The lowest BCUT2D eigenvalue weighted by molar-refractivity contribution is 0.161. The van der Waals surface area contributed by atoms with Gasteiger partial charge in [-0.05, 0) is 12.5 Å². The summed E-state index contributed by atoms with van der Waals surface area (Å²) in [6.45, 7) is 4.41. The Bertz CT molecular complexity index is 426. The molecular weight excluding hydrogens is 220 g/mol. The molecule has 0 aliphatic carbocycles. The highest BCUT2D eigenvalue weighted by Gasteiger charge is 2.24. The quantitative estimate of drug-likeness (QED) is 0.735. The van der Waals surface area contributed by atoms with Crippen molar-refractivity contribution in [2.24, 2.45) is 0 Å². The number of methoxy groups -OCH3 is 2. The van der Waals surface area contributed by atoms with Crippen LogP contribution in [0.15, 0.2) is 18.7 Å². The normalized spacial score (nSPS) is 12.6. The van der Waals surface area contributed by atoms with E-state index in [-0.39, 0.29) is 6.79 Å². The smallest absolute Gasteiger partial charge is 0.231 e. The van der Waals surface area contributed by atoms with Crippen LogP contribution < -0.4 is 14.2 Å². The molecule has 0 unspecified atom stereocenters. The summed E-state index contributed by atoms with van der Waals surface area (Å²) < 4.78 is 21.5. The average Bonchev–Trinajstić information content (AvgIpc) is 2.78. The van der Waals surface area contributed by atoms with E-state index in [1.807, 2.05) is 12.1 Å². The lowest BCUT2D eigenvalue weighted by Gasteiger charge is -2.14. The molecule has 0 saturated heterocycles. The van der Waals surface area contributed by atoms with Gasteiger partial charge in [0.25, 0.3) is 0 Å². The van der Waals surface area contributed by atoms with Crippen molar-refractivity contribution in [3.63, 3.8) is 0 Å². The average molecular weight is 236 g/mol. The highest BCUT2D eigenvalue weighted by molar-refractivity contribution is 5.59. The Hall–Kier alpha value is -1.68. The molecule has 0 N–H and O–H groups in total. The molecule has 4 nitrogen and oxygen atoms in total. The Kier molecular flexibility index (Phi) is 3.54. The Balaban J connectivity index is 2.54. The maximum Gasteiger partial charge on any atom is 0.231 e. The second-order valence-electron chi connectivity index (χ2n) is 3.71. The zero-order valence-electron chi connectivity index (χ0n) is 10.1. The highest BCUT2D eigenvalue weighted by atomic mass is 16.7. The fraction of sp³-hybridized carbons (Fsp3) is 0.385. The molecule has 0 radical (unpaired) electrons. The van der Waals surface area contributed by atoms with Crippen LogP contribution in [0, 0.1) is 0 Å². The number of hydrogen-bond donors (Lipinski definition) is 0. The van der Waals surface area contributed by atoms with Gasteiger partial charge in [0.15, 0.2) is 11.5 Å². The number of rotatable bonds is 5. The second-order valence-corrected chi connectivity index (χ2v) is 3.71. The number of ether oxygens (including phenoxy) is 4. The van der Waals surface area contributed by atoms with Crippen molar-refractivity contribution in [2.45, 2.75) is 13.0 Å². The number of hydrogen-bond acceptors (Lipinski definition) is 4. The van der Waals surface area contributed by atoms with Gasteiger partial charge in [0, 0.05) is 12.7 Å². The molecule has 1 aliphatic rings. The van der Waals surface area contributed by atoms with E-state index < -0.39 is 0 Å². The van der Waals surface area contributed by atoms with Crippen LogP contribution in [-0.2, 0) is 17.8 Å². The fourth-order valence-corrected chi connectivity index (χ4v) is 1.99. The van der Waals surface area contributed by atoms with Crippen LogP contribution in [-0.4, -0.2) is 21.0 Å². The third-order valence-corrected chi connectivity index (χ3v) is 2.64. The number of allylic oxidation sites excluding steroid dienone is 1. The summed E-state index contributed by atoms with van der Waals surface area (Å²) in [6, 6.07) is 1.93. The van der Waals surface area contributed by atoms with Crippen molar-refractivity contribution in [1.82, 2.24) is 0 Å². The molecule has 0 spiro atoms. The molecule has 17 heavy (non-hydrogen) atoms. The number of fused-ring (bicyclic) bond motifs is 1. The molecule has 1 aromatic rings. The van der Waals surface area contributed by atoms with Gasteiger partial charge in [-0.2, -0.15) is 0 Å². The van der Waals surface area contributed by atoms with Gasteiger partial charge in [0.05, 0.1) is 19.3 Å². The van der Waals surface area contributed by atoms with E-state index in [0.29, 0.717) is 6.61 Å². The molecule has 0 amide bonds. The van der Waals surface area contributed by atoms with Gasteiger partial charge in [-0.25, -0.2) is 0 Å². The SMILES string of the molecule is C=CCc1cc2c(c(COC)c1OC)OCO2. The van der Waals surface area contributed by atoms with E-state index in [1.165, 1.54) is 0 Å². The molecule has 92 valence electrons. The van der Waals surface area contributed by atoms with Crippen molar-refractivity contribution in [1.29, 1.82) is 0 Å². The zero-order chi connectivity index (χ0) is 12.3. The predicted molar refractivity (Wildman–Crippen MR) is 63.7 cm³/mol. The lowest BCUT2D eigenvalue weighted by Crippen LogP contribution is -2.00. The molecule has 0 saturated carbocycles. The zero-order valence-corrected chi connectivity index (χ0v) is 10.1. The van der Waals surface area contributed by atoms with E-state index in [1.54, 1.807) is 14.2 Å². The molecule has 2 rings (SSSR count). The Morgan fingerprint density at radius 1 is 1.41 bits per heavy atom. The second kappa shape index (κ2) is 5.10. The van der Waals surface area contributed by atoms with Gasteiger partial charge < -0.3 is 18.9 Å². The summed E-state index contributed by atoms with van der Waals surface area (Å²) in [6.07, 6.45) is 2.55. The van der Waals surface area contributed by atoms with Crippen LogP contribution in [0.1, 0.15) is 11.1 Å². The van der Waals surface area contributed by atoms with Crippen LogP contribution in [0.3, 0.4) is 0 Å². The van der Waals surface area contributed by atoms with Gasteiger partial charge in [-0.15, -0.1) is 6.58 Å². The standard InChI is InChI=1S/C13H16O4/c1-4-5-9-6-11-13(17-8-16-11)10(7-14-2)12(9)15-3/h4,6H,1,5,7-8H2,2-3H3. The van der Waals surface area contributed by atoms with Gasteiger partial charge in [-0.1, -0.05) is 6.08 Å². The Morgan fingerprint density at radius 3 is 2.88 bits per heavy atom. The van der Waals surface area contributed by atoms with E-state index >= 15 is 0 Å². The third kappa shape index (κ3) is 2.08. The van der Waals surface area contributed by atoms with Crippen LogP contribution in [0.25, 0.3) is 0 Å². The summed E-state index contributed by atoms with van der Waals surface area (Å²) in [5.74, 6) is 2.25. The van der Waals surface area contributed by atoms with Crippen molar-refractivity contribution in [3.05, 3.63) is 29.8 Å². The first-order chi connectivity index (χ1) is 8.31. The summed E-state index contributed by atoms with van der Waals surface area (Å²) in [5, 5.41) is 0. The maximum atomic E-state index is 5.45. The molecule has 1 aromatic carbocycles. The van der Waals surface area contributed by atoms with Crippen molar-refractivity contribution >= 4 is 0 Å². The molecule has 0 bridgehead atoms. The van der Waals surface area contributed by atoms with Gasteiger partial charge >= 0.3 is 0 Å². The third-order valence-electron chi connectivity index (χ3n) is 2.64. The Labute approximate surface area is 101 Å². The molecule has 0 fully saturated rings. The summed E-state index contributed by atoms with van der Waals surface area (Å²) in [4.78, 5) is 0. The minimum Gasteiger partial charge on any atom is -0.496 e. The highest BCUT2D eigenvalue weighted by Crippen LogP contribution is 2.43. The summed E-state index contributed by atoms with van der Waals surface area (Å²) in [5.41, 5.74) is 1.92. The first kappa shape index (κ1) is 11.8. The van der Waals surface area contributed by atoms with Crippen molar-refractivity contribution < 1.29 is 18.9 Å². The first-order valence-corrected chi connectivity index (χ1v) is 5.40. The van der Waals surface area contributed by atoms with Gasteiger partial charge in [0.1, 0.15) is 5.75 Å². The molecule has 1 aliphatic heterocycles. The topological polar surface area (TPSA) is 36.9 Å². The van der Waals surface area contributed by atoms with Crippen molar-refractivity contribution in [2.75, 3.05) is 21.0 Å². The largest absolute Gasteiger partial charge is 0.496 e. The van der Waals surface area contributed by atoms with E-state index in [4.69, 9.17) is 18.9 Å². The van der Waals surface area contributed by atoms with Gasteiger partial charge in [-0.3, -0.25) is 0 Å². The maximum absolute atomic E-state index is 5.45. The minimum absolute atomic E-state index is 0.243. The van der Waals surface area contributed by atoms with Crippen LogP contribution in [0.5, 0.6) is 17.2 Å². The summed E-state index contributed by atoms with van der Waals surface area (Å²) in [7, 11) is 3.28. The van der Waals surface area contributed by atoms with Crippen LogP contribution >= 0.6 is 0 Å². The lowest BCUT2D eigenvalue weighted by atomic mass is 10.0. The molecule has 0 aromatic heterocycles. The molecular formula is C13H16O4.